The van der Waals surface area contributed by atoms with E-state index in [1.54, 1.807) is 0 Å². The number of fused-ring (bicyclic) bond motifs is 1. The first-order valence-corrected chi connectivity index (χ1v) is 13.5. The maximum Gasteiger partial charge on any atom is 0.573 e. The van der Waals surface area contributed by atoms with Crippen LogP contribution in [0, 0.1) is 11.7 Å². The van der Waals surface area contributed by atoms with E-state index in [4.69, 9.17) is 0 Å². The van der Waals surface area contributed by atoms with Crippen molar-refractivity contribution in [3.05, 3.63) is 66.1 Å². The van der Waals surface area contributed by atoms with E-state index >= 15 is 0 Å². The first-order chi connectivity index (χ1) is 19.1. The van der Waals surface area contributed by atoms with Crippen LogP contribution in [0.2, 0.25) is 0 Å². The molecule has 0 amide bonds. The molecule has 1 saturated carbocycles. The molecule has 218 valence electrons. The number of alkyl halides is 6. The fourth-order valence-corrected chi connectivity index (χ4v) is 6.95. The highest BCUT2D eigenvalue weighted by molar-refractivity contribution is 7.89. The Morgan fingerprint density at radius 3 is 2.20 bits per heavy atom. The predicted octanol–water partition coefficient (Wildman–Crippen LogP) is 4.95. The maximum atomic E-state index is 13.3. The number of benzene rings is 1. The van der Waals surface area contributed by atoms with Gasteiger partial charge in [-0.25, -0.2) is 22.8 Å². The average Bonchev–Trinajstić information content (AvgIpc) is 3.45. The molecular weight excluding hydrogens is 585 g/mol. The lowest BCUT2D eigenvalue weighted by Crippen LogP contribution is -2.41. The lowest BCUT2D eigenvalue weighted by atomic mass is 9.81. The molecule has 16 heteroatoms. The number of pyridine rings is 1. The molecule has 3 fully saturated rings. The SMILES string of the molecule is O=C(CCc1cc(-c2cnc(C(F)(F)F)nc2)ncc1OC(F)(F)F)[C@@H]1C2CC(C2)N1S(=O)(=O)c1ccc(F)cc1. The minimum Gasteiger partial charge on any atom is -0.404 e. The number of rotatable bonds is 8. The van der Waals surface area contributed by atoms with Crippen molar-refractivity contribution in [3.63, 3.8) is 0 Å². The third kappa shape index (κ3) is 5.88. The summed E-state index contributed by atoms with van der Waals surface area (Å²) in [6.45, 7) is 0. The highest BCUT2D eigenvalue weighted by Gasteiger charge is 2.58. The largest absolute Gasteiger partial charge is 0.573 e. The highest BCUT2D eigenvalue weighted by Crippen LogP contribution is 2.49. The van der Waals surface area contributed by atoms with Crippen LogP contribution >= 0.6 is 0 Å². The van der Waals surface area contributed by atoms with Gasteiger partial charge < -0.3 is 4.74 Å². The Morgan fingerprint density at radius 2 is 1.61 bits per heavy atom. The van der Waals surface area contributed by atoms with E-state index in [-0.39, 0.29) is 40.5 Å². The molecule has 0 radical (unpaired) electrons. The van der Waals surface area contributed by atoms with E-state index in [1.165, 1.54) is 0 Å². The number of ketones is 1. The van der Waals surface area contributed by atoms with E-state index < -0.39 is 57.8 Å². The molecule has 1 atom stereocenters. The van der Waals surface area contributed by atoms with Crippen molar-refractivity contribution in [2.75, 3.05) is 0 Å². The number of Topliss-reactive ketones (excluding diaryl/α,β-unsaturated/α-hetero) is 1. The van der Waals surface area contributed by atoms with Crippen LogP contribution in [0.5, 0.6) is 5.75 Å². The van der Waals surface area contributed by atoms with Gasteiger partial charge in [0.25, 0.3) is 0 Å². The normalized spacial score (nSPS) is 21.0. The van der Waals surface area contributed by atoms with Crippen molar-refractivity contribution in [1.82, 2.24) is 19.3 Å². The molecule has 2 bridgehead atoms. The topological polar surface area (TPSA) is 102 Å². The van der Waals surface area contributed by atoms with Crippen LogP contribution in [0.4, 0.5) is 30.7 Å². The minimum absolute atomic E-state index is 0.0303. The standard InChI is InChI=1S/C25H19F7N4O4S/c26-16-2-4-18(5-3-16)41(38,39)36-17-7-14(8-17)22(36)20(37)6-1-13-9-19(33-12-21(13)40-25(30,31)32)15-10-34-23(35-11-15)24(27,28)29/h2-5,9-12,14,17,22H,1,6-8H2/t14?,17?,22-/m0/s1. The molecule has 0 spiro atoms. The molecule has 1 aromatic carbocycles. The zero-order chi connectivity index (χ0) is 29.7. The zero-order valence-corrected chi connectivity index (χ0v) is 21.5. The van der Waals surface area contributed by atoms with Crippen molar-refractivity contribution >= 4 is 15.8 Å². The maximum absolute atomic E-state index is 13.3. The molecule has 0 N–H and O–H groups in total. The summed E-state index contributed by atoms with van der Waals surface area (Å²) >= 11 is 0. The minimum atomic E-state index is -5.11. The fourth-order valence-electron chi connectivity index (χ4n) is 5.08. The van der Waals surface area contributed by atoms with Crippen LogP contribution in [-0.2, 0) is 27.4 Å². The molecule has 3 aromatic rings. The van der Waals surface area contributed by atoms with Gasteiger partial charge in [0.05, 0.1) is 22.8 Å². The quantitative estimate of drug-likeness (QED) is 0.336. The van der Waals surface area contributed by atoms with Crippen LogP contribution < -0.4 is 4.74 Å². The van der Waals surface area contributed by atoms with Gasteiger partial charge in [-0.15, -0.1) is 13.2 Å². The van der Waals surface area contributed by atoms with Gasteiger partial charge in [0.2, 0.25) is 15.8 Å². The summed E-state index contributed by atoms with van der Waals surface area (Å²) < 4.78 is 123. The second-order valence-corrected chi connectivity index (χ2v) is 11.4. The summed E-state index contributed by atoms with van der Waals surface area (Å²) in [5.74, 6) is -3.59. The number of halogens is 7. The Balaban J connectivity index is 1.39. The molecule has 8 nitrogen and oxygen atoms in total. The van der Waals surface area contributed by atoms with Gasteiger partial charge in [-0.2, -0.15) is 17.5 Å². The van der Waals surface area contributed by atoms with E-state index in [1.807, 2.05) is 0 Å². The van der Waals surface area contributed by atoms with Gasteiger partial charge in [-0.3, -0.25) is 9.78 Å². The first-order valence-electron chi connectivity index (χ1n) is 12.1. The number of carbonyl (C=O) groups excluding carboxylic acids is 1. The van der Waals surface area contributed by atoms with Gasteiger partial charge >= 0.3 is 12.5 Å². The zero-order valence-electron chi connectivity index (χ0n) is 20.7. The van der Waals surface area contributed by atoms with Gasteiger partial charge in [-0.1, -0.05) is 0 Å². The number of hydrogen-bond acceptors (Lipinski definition) is 7. The van der Waals surface area contributed by atoms with Crippen LogP contribution in [0.15, 0.2) is 53.8 Å². The Hall–Kier alpha value is -3.66. The Morgan fingerprint density at radius 1 is 0.976 bits per heavy atom. The smallest absolute Gasteiger partial charge is 0.404 e. The lowest BCUT2D eigenvalue weighted by Gasteiger charge is -2.25. The Bertz CT molecular complexity index is 1560. The van der Waals surface area contributed by atoms with Crippen LogP contribution in [0.25, 0.3) is 11.3 Å². The summed E-state index contributed by atoms with van der Waals surface area (Å²) in [5.41, 5.74) is -0.240. The van der Waals surface area contributed by atoms with Crippen molar-refractivity contribution in [2.24, 2.45) is 5.92 Å². The molecule has 41 heavy (non-hydrogen) atoms. The second-order valence-electron chi connectivity index (χ2n) is 9.60. The number of aryl methyl sites for hydroxylation is 1. The number of sulfonamides is 1. The van der Waals surface area contributed by atoms with Gasteiger partial charge in [0.15, 0.2) is 11.5 Å². The lowest BCUT2D eigenvalue weighted by molar-refractivity contribution is -0.275. The van der Waals surface area contributed by atoms with Gasteiger partial charge in [0, 0.05) is 30.4 Å². The molecule has 6 rings (SSSR count). The monoisotopic (exact) mass is 604 g/mol. The van der Waals surface area contributed by atoms with Crippen molar-refractivity contribution in [3.8, 4) is 17.0 Å². The number of ether oxygens (including phenoxy) is 1. The van der Waals surface area contributed by atoms with E-state index in [0.717, 1.165) is 53.2 Å². The van der Waals surface area contributed by atoms with Gasteiger partial charge in [-0.05, 0) is 61.1 Å². The molecule has 0 unspecified atom stereocenters. The molecule has 2 aliphatic heterocycles. The number of nitrogens with zero attached hydrogens (tertiary/aromatic N) is 4. The predicted molar refractivity (Wildman–Crippen MR) is 126 cm³/mol. The summed E-state index contributed by atoms with van der Waals surface area (Å²) in [4.78, 5) is 23.4. The van der Waals surface area contributed by atoms with E-state index in [2.05, 4.69) is 19.7 Å². The molecule has 2 saturated heterocycles. The van der Waals surface area contributed by atoms with E-state index in [9.17, 15) is 43.9 Å². The average molecular weight is 605 g/mol. The summed E-state index contributed by atoms with van der Waals surface area (Å²) in [6, 6.07) is 3.77. The highest BCUT2D eigenvalue weighted by atomic mass is 32.2. The number of hydrogen-bond donors (Lipinski definition) is 0. The van der Waals surface area contributed by atoms with Crippen LogP contribution in [0.1, 0.15) is 30.7 Å². The summed E-state index contributed by atoms with van der Waals surface area (Å²) in [7, 11) is -4.16. The molecular formula is C25H19F7N4O4S. The third-order valence-electron chi connectivity index (χ3n) is 6.97. The van der Waals surface area contributed by atoms with Crippen LogP contribution in [-0.4, -0.2) is 51.9 Å². The van der Waals surface area contributed by atoms with Crippen molar-refractivity contribution in [1.29, 1.82) is 0 Å². The molecule has 1 aliphatic carbocycles. The summed E-state index contributed by atoms with van der Waals surface area (Å²) in [6.07, 6.45) is -7.39. The molecule has 2 aromatic heterocycles. The first kappa shape index (κ1) is 28.9. The van der Waals surface area contributed by atoms with Crippen LogP contribution in [0.3, 0.4) is 0 Å². The van der Waals surface area contributed by atoms with Crippen molar-refractivity contribution in [2.45, 2.75) is 55.2 Å². The molecule has 4 heterocycles. The summed E-state index contributed by atoms with van der Waals surface area (Å²) in [5, 5.41) is 0. The Labute approximate surface area is 228 Å². The molecule has 3 aliphatic rings. The number of aromatic nitrogens is 3. The van der Waals surface area contributed by atoms with E-state index in [0.29, 0.717) is 12.8 Å². The number of carbonyl (C=O) groups is 1. The van der Waals surface area contributed by atoms with Crippen molar-refractivity contribution < 1.29 is 48.7 Å². The van der Waals surface area contributed by atoms with Gasteiger partial charge in [0.1, 0.15) is 5.82 Å². The third-order valence-corrected chi connectivity index (χ3v) is 8.91. The Kier molecular flexibility index (Phi) is 7.26. The second kappa shape index (κ2) is 10.3. The fraction of sp³-hybridized carbons (Fsp3) is 0.360.